The molecule has 0 atom stereocenters. The molecule has 1 radical (unpaired) electrons. The van der Waals surface area contributed by atoms with Crippen LogP contribution in [-0.4, -0.2) is 0 Å². The highest BCUT2D eigenvalue weighted by Gasteiger charge is 1.93. The van der Waals surface area contributed by atoms with Crippen LogP contribution in [0.25, 0.3) is 0 Å². The molecule has 0 spiro atoms. The summed E-state index contributed by atoms with van der Waals surface area (Å²) in [6.45, 7) is 0. The third-order valence-corrected chi connectivity index (χ3v) is 0.869. The molecule has 0 aromatic carbocycles. The molecular weight excluding hydrogens is 163 g/mol. The average molecular weight is 164 g/mol. The van der Waals surface area contributed by atoms with Crippen LogP contribution < -0.4 is 0 Å². The van der Waals surface area contributed by atoms with Crippen LogP contribution in [0.5, 0.6) is 0 Å². The normalized spacial score (nSPS) is 9.43. The maximum Gasteiger partial charge on any atom is 0.180 e. The van der Waals surface area contributed by atoms with Gasteiger partial charge in [-0.1, -0.05) is 0 Å². The summed E-state index contributed by atoms with van der Waals surface area (Å²) in [5, 5.41) is 0. The molecule has 37 valence electrons. The molecule has 0 fully saturated rings. The second-order valence-corrected chi connectivity index (χ2v) is 1.70. The molecule has 0 amide bonds. The monoisotopic (exact) mass is 163 g/mol. The smallest absolute Gasteiger partial charge is 0.180 e. The van der Waals surface area contributed by atoms with Crippen molar-refractivity contribution in [1.82, 2.24) is 0 Å². The zero-order valence-electron chi connectivity index (χ0n) is 3.24. The summed E-state index contributed by atoms with van der Waals surface area (Å²) < 4.78 is 16.5. The van der Waals surface area contributed by atoms with Gasteiger partial charge in [0, 0.05) is 0 Å². The van der Waals surface area contributed by atoms with Crippen LogP contribution in [0.4, 0.5) is 4.39 Å². The molecular formula is C4HBrFO. The molecule has 1 heterocycles. The van der Waals surface area contributed by atoms with Gasteiger partial charge in [-0.3, -0.25) is 0 Å². The fourth-order valence-corrected chi connectivity index (χ4v) is 0.539. The van der Waals surface area contributed by atoms with E-state index in [4.69, 9.17) is 0 Å². The van der Waals surface area contributed by atoms with Gasteiger partial charge in [-0.05, 0) is 15.9 Å². The van der Waals surface area contributed by atoms with E-state index in [0.717, 1.165) is 6.26 Å². The zero-order chi connectivity index (χ0) is 5.28. The lowest BCUT2D eigenvalue weighted by Gasteiger charge is -1.64. The fourth-order valence-electron chi connectivity index (χ4n) is 0.256. The summed E-state index contributed by atoms with van der Waals surface area (Å²) in [7, 11) is 0. The van der Waals surface area contributed by atoms with Crippen molar-refractivity contribution in [3.8, 4) is 0 Å². The van der Waals surface area contributed by atoms with Crippen molar-refractivity contribution in [3.05, 3.63) is 22.8 Å². The molecule has 1 nitrogen and oxygen atoms in total. The van der Waals surface area contributed by atoms with Crippen molar-refractivity contribution in [3.63, 3.8) is 0 Å². The summed E-state index contributed by atoms with van der Waals surface area (Å²) in [6.07, 6.45) is 0.976. The van der Waals surface area contributed by atoms with Gasteiger partial charge in [-0.25, -0.2) is 4.39 Å². The Morgan fingerprint density at radius 1 is 1.86 bits per heavy atom. The zero-order valence-corrected chi connectivity index (χ0v) is 4.83. The SMILES string of the molecule is Fc1[c]c(Br)oc1. The van der Waals surface area contributed by atoms with Crippen molar-refractivity contribution in [1.29, 1.82) is 0 Å². The molecule has 0 aliphatic carbocycles. The molecule has 3 heteroatoms. The number of hydrogen-bond donors (Lipinski definition) is 0. The summed E-state index contributed by atoms with van der Waals surface area (Å²) >= 11 is 2.87. The molecule has 0 N–H and O–H groups in total. The minimum Gasteiger partial charge on any atom is -0.454 e. The van der Waals surface area contributed by atoms with Crippen molar-refractivity contribution in [2.24, 2.45) is 0 Å². The average Bonchev–Trinajstić information content (AvgIpc) is 1.87. The maximum absolute atomic E-state index is 11.7. The Morgan fingerprint density at radius 3 is 2.71 bits per heavy atom. The van der Waals surface area contributed by atoms with Crippen LogP contribution in [0.1, 0.15) is 0 Å². The highest BCUT2D eigenvalue weighted by molar-refractivity contribution is 9.10. The van der Waals surface area contributed by atoms with Crippen LogP contribution in [0.15, 0.2) is 15.3 Å². The van der Waals surface area contributed by atoms with Gasteiger partial charge in [-0.2, -0.15) is 0 Å². The molecule has 0 aliphatic rings. The van der Waals surface area contributed by atoms with E-state index in [1.54, 1.807) is 0 Å². The molecule has 0 unspecified atom stereocenters. The summed E-state index contributed by atoms with van der Waals surface area (Å²) in [5.41, 5.74) is 0. The van der Waals surface area contributed by atoms with Crippen LogP contribution >= 0.6 is 15.9 Å². The van der Waals surface area contributed by atoms with Gasteiger partial charge in [-0.15, -0.1) is 0 Å². The second kappa shape index (κ2) is 1.66. The summed E-state index contributed by atoms with van der Waals surface area (Å²) in [4.78, 5) is 0. The van der Waals surface area contributed by atoms with Crippen molar-refractivity contribution >= 4 is 15.9 Å². The fraction of sp³-hybridized carbons (Fsp3) is 0. The Hall–Kier alpha value is -0.310. The first-order chi connectivity index (χ1) is 3.29. The lowest BCUT2D eigenvalue weighted by atomic mass is 10.6. The number of hydrogen-bond acceptors (Lipinski definition) is 1. The standard InChI is InChI=1S/C4HBrFO/c5-4-1-3(6)2-7-4/h2H. The minimum absolute atomic E-state index is 0.296. The molecule has 1 aromatic heterocycles. The molecule has 0 aliphatic heterocycles. The van der Waals surface area contributed by atoms with E-state index >= 15 is 0 Å². The molecule has 0 bridgehead atoms. The first-order valence-corrected chi connectivity index (χ1v) is 2.40. The topological polar surface area (TPSA) is 13.1 Å². The van der Waals surface area contributed by atoms with Gasteiger partial charge < -0.3 is 4.42 Å². The third kappa shape index (κ3) is 1.03. The van der Waals surface area contributed by atoms with Crippen LogP contribution in [0.2, 0.25) is 0 Å². The lowest BCUT2D eigenvalue weighted by molar-refractivity contribution is 0.515. The Morgan fingerprint density at radius 2 is 2.57 bits per heavy atom. The van der Waals surface area contributed by atoms with E-state index in [1.165, 1.54) is 0 Å². The number of furan rings is 1. The quantitative estimate of drug-likeness (QED) is 0.571. The first-order valence-electron chi connectivity index (χ1n) is 1.61. The van der Waals surface area contributed by atoms with E-state index in [1.807, 2.05) is 0 Å². The Balaban J connectivity index is 3.04. The Bertz CT molecular complexity index is 144. The predicted octanol–water partition coefficient (Wildman–Crippen LogP) is 1.98. The van der Waals surface area contributed by atoms with Crippen molar-refractivity contribution in [2.45, 2.75) is 0 Å². The highest BCUT2D eigenvalue weighted by atomic mass is 79.9. The Kier molecular flexibility index (Phi) is 1.15. The number of halogens is 2. The van der Waals surface area contributed by atoms with Crippen LogP contribution in [0.3, 0.4) is 0 Å². The highest BCUT2D eigenvalue weighted by Crippen LogP contribution is 2.10. The van der Waals surface area contributed by atoms with Gasteiger partial charge in [0.1, 0.15) is 6.26 Å². The van der Waals surface area contributed by atoms with Gasteiger partial charge in [0.05, 0.1) is 6.07 Å². The maximum atomic E-state index is 11.7. The van der Waals surface area contributed by atoms with Gasteiger partial charge in [0.2, 0.25) is 0 Å². The van der Waals surface area contributed by atoms with Gasteiger partial charge in [0.25, 0.3) is 0 Å². The van der Waals surface area contributed by atoms with Crippen LogP contribution in [-0.2, 0) is 0 Å². The van der Waals surface area contributed by atoms with Crippen LogP contribution in [0, 0.1) is 11.9 Å². The summed E-state index contributed by atoms with van der Waals surface area (Å²) in [5.74, 6) is -0.480. The van der Waals surface area contributed by atoms with E-state index in [9.17, 15) is 4.39 Å². The van der Waals surface area contributed by atoms with E-state index in [2.05, 4.69) is 26.4 Å². The van der Waals surface area contributed by atoms with E-state index in [0.29, 0.717) is 4.67 Å². The van der Waals surface area contributed by atoms with E-state index in [-0.39, 0.29) is 0 Å². The predicted molar refractivity (Wildman–Crippen MR) is 25.2 cm³/mol. The number of rotatable bonds is 0. The first kappa shape index (κ1) is 4.84. The summed E-state index contributed by atoms with van der Waals surface area (Å²) in [6, 6.07) is 2.22. The lowest BCUT2D eigenvalue weighted by Crippen LogP contribution is -1.52. The second-order valence-electron chi connectivity index (χ2n) is 0.982. The molecule has 1 aromatic rings. The molecule has 1 rings (SSSR count). The van der Waals surface area contributed by atoms with Crippen molar-refractivity contribution < 1.29 is 8.81 Å². The molecule has 7 heavy (non-hydrogen) atoms. The van der Waals surface area contributed by atoms with E-state index < -0.39 is 5.82 Å². The van der Waals surface area contributed by atoms with Crippen molar-refractivity contribution in [2.75, 3.05) is 0 Å². The Labute approximate surface area is 48.3 Å². The largest absolute Gasteiger partial charge is 0.454 e. The minimum atomic E-state index is -0.480. The van der Waals surface area contributed by atoms with Gasteiger partial charge in [0.15, 0.2) is 10.5 Å². The molecule has 0 saturated carbocycles. The third-order valence-electron chi connectivity index (χ3n) is 0.484. The molecule has 0 saturated heterocycles. The van der Waals surface area contributed by atoms with Gasteiger partial charge >= 0.3 is 0 Å².